The summed E-state index contributed by atoms with van der Waals surface area (Å²) in [4.78, 5) is 19.1. The molecule has 2 aromatic heterocycles. The predicted molar refractivity (Wildman–Crippen MR) is 90.1 cm³/mol. The van der Waals surface area contributed by atoms with Gasteiger partial charge in [0.05, 0.1) is 5.56 Å². The highest BCUT2D eigenvalue weighted by Crippen LogP contribution is 2.30. The number of hydrogen-bond acceptors (Lipinski definition) is 4. The van der Waals surface area contributed by atoms with Gasteiger partial charge in [0.1, 0.15) is 17.0 Å². The normalized spacial score (nSPS) is 16.0. The van der Waals surface area contributed by atoms with Gasteiger partial charge in [-0.1, -0.05) is 12.1 Å². The van der Waals surface area contributed by atoms with Crippen molar-refractivity contribution in [1.29, 1.82) is 0 Å². The summed E-state index contributed by atoms with van der Waals surface area (Å²) in [6.45, 7) is 5.13. The molecular weight excluding hydrogens is 304 g/mol. The number of oxazole rings is 1. The molecule has 1 aromatic carbocycles. The average molecular weight is 324 g/mol. The number of carbonyl (C=O) groups excluding carboxylic acids is 1. The zero-order valence-electron chi connectivity index (χ0n) is 13.9. The van der Waals surface area contributed by atoms with Crippen LogP contribution in [0.1, 0.15) is 46.5 Å². The van der Waals surface area contributed by atoms with E-state index in [1.54, 1.807) is 0 Å². The molecule has 0 aliphatic carbocycles. The number of para-hydroxylation sites is 2. The molecule has 4 rings (SSSR count). The van der Waals surface area contributed by atoms with Gasteiger partial charge in [-0.3, -0.25) is 4.79 Å². The van der Waals surface area contributed by atoms with E-state index < -0.39 is 0 Å². The van der Waals surface area contributed by atoms with Crippen molar-refractivity contribution in [2.24, 2.45) is 0 Å². The highest BCUT2D eigenvalue weighted by molar-refractivity contribution is 5.95. The molecule has 1 amide bonds. The lowest BCUT2D eigenvalue weighted by molar-refractivity contribution is 0.0705. The number of nitrogens with zero attached hydrogens (tertiary/aromatic N) is 2. The summed E-state index contributed by atoms with van der Waals surface area (Å²) in [5.41, 5.74) is 2.40. The molecule has 3 heterocycles. The quantitative estimate of drug-likeness (QED) is 0.713. The predicted octanol–water partition coefficient (Wildman–Crippen LogP) is 4.06. The van der Waals surface area contributed by atoms with E-state index in [9.17, 15) is 4.79 Å². The van der Waals surface area contributed by atoms with E-state index in [-0.39, 0.29) is 11.8 Å². The van der Waals surface area contributed by atoms with Gasteiger partial charge in [0, 0.05) is 19.0 Å². The number of rotatable bonds is 2. The summed E-state index contributed by atoms with van der Waals surface area (Å²) in [6.07, 6.45) is 1.74. The summed E-state index contributed by atoms with van der Waals surface area (Å²) < 4.78 is 11.4. The number of fused-ring (bicyclic) bond motifs is 1. The highest BCUT2D eigenvalue weighted by Gasteiger charge is 2.28. The van der Waals surface area contributed by atoms with Gasteiger partial charge in [-0.2, -0.15) is 0 Å². The smallest absolute Gasteiger partial charge is 0.257 e. The van der Waals surface area contributed by atoms with E-state index in [0.717, 1.165) is 35.6 Å². The molecule has 0 atom stereocenters. The second-order valence-electron chi connectivity index (χ2n) is 6.41. The summed E-state index contributed by atoms with van der Waals surface area (Å²) in [7, 11) is 0. The van der Waals surface area contributed by atoms with Crippen molar-refractivity contribution in [3.63, 3.8) is 0 Å². The molecule has 5 nitrogen and oxygen atoms in total. The summed E-state index contributed by atoms with van der Waals surface area (Å²) >= 11 is 0. The van der Waals surface area contributed by atoms with Gasteiger partial charge in [-0.05, 0) is 44.9 Å². The average Bonchev–Trinajstić information content (AvgIpc) is 3.17. The molecule has 1 fully saturated rings. The van der Waals surface area contributed by atoms with Crippen molar-refractivity contribution >= 4 is 17.0 Å². The van der Waals surface area contributed by atoms with Crippen molar-refractivity contribution < 1.29 is 13.6 Å². The maximum absolute atomic E-state index is 12.6. The fourth-order valence-corrected chi connectivity index (χ4v) is 3.41. The molecular formula is C19H20N2O3. The van der Waals surface area contributed by atoms with Crippen LogP contribution in [0.3, 0.4) is 0 Å². The number of furan rings is 1. The number of hydrogen-bond donors (Lipinski definition) is 0. The highest BCUT2D eigenvalue weighted by atomic mass is 16.3. The van der Waals surface area contributed by atoms with Crippen molar-refractivity contribution in [3.8, 4) is 0 Å². The van der Waals surface area contributed by atoms with E-state index in [4.69, 9.17) is 8.83 Å². The van der Waals surface area contributed by atoms with Crippen molar-refractivity contribution in [1.82, 2.24) is 9.88 Å². The Labute approximate surface area is 140 Å². The lowest BCUT2D eigenvalue weighted by Gasteiger charge is -2.30. The summed E-state index contributed by atoms with van der Waals surface area (Å²) in [5, 5.41) is 0. The topological polar surface area (TPSA) is 59.5 Å². The monoisotopic (exact) mass is 324 g/mol. The third-order valence-corrected chi connectivity index (χ3v) is 4.71. The molecule has 0 spiro atoms. The minimum absolute atomic E-state index is 0.0559. The largest absolute Gasteiger partial charge is 0.466 e. The van der Waals surface area contributed by atoms with E-state index in [0.29, 0.717) is 24.4 Å². The lowest BCUT2D eigenvalue weighted by Crippen LogP contribution is -2.38. The lowest BCUT2D eigenvalue weighted by atomic mass is 9.96. The van der Waals surface area contributed by atoms with Crippen LogP contribution < -0.4 is 0 Å². The number of carbonyl (C=O) groups is 1. The molecule has 0 saturated carbocycles. The van der Waals surface area contributed by atoms with Crippen LogP contribution in [0.25, 0.3) is 11.1 Å². The zero-order valence-corrected chi connectivity index (χ0v) is 13.9. The van der Waals surface area contributed by atoms with Gasteiger partial charge in [-0.25, -0.2) is 4.98 Å². The van der Waals surface area contributed by atoms with Gasteiger partial charge < -0.3 is 13.7 Å². The van der Waals surface area contributed by atoms with Crippen LogP contribution in [0, 0.1) is 13.8 Å². The molecule has 3 aromatic rings. The third-order valence-electron chi connectivity index (χ3n) is 4.71. The molecule has 0 radical (unpaired) electrons. The van der Waals surface area contributed by atoms with Crippen molar-refractivity contribution in [2.75, 3.05) is 13.1 Å². The Morgan fingerprint density at radius 2 is 1.92 bits per heavy atom. The molecule has 1 saturated heterocycles. The molecule has 0 N–H and O–H groups in total. The first-order chi connectivity index (χ1) is 11.6. The second-order valence-corrected chi connectivity index (χ2v) is 6.41. The van der Waals surface area contributed by atoms with Crippen LogP contribution in [-0.2, 0) is 0 Å². The SMILES string of the molecule is Cc1cc(C(=O)N2CCC(c3nc4ccccc4o3)CC2)c(C)o1. The zero-order chi connectivity index (χ0) is 16.7. The standard InChI is InChI=1S/C19H20N2O3/c1-12-11-15(13(2)23-12)19(22)21-9-7-14(8-10-21)18-20-16-5-3-4-6-17(16)24-18/h3-6,11,14H,7-10H2,1-2H3. The van der Waals surface area contributed by atoms with Crippen LogP contribution in [0.15, 0.2) is 39.2 Å². The van der Waals surface area contributed by atoms with Gasteiger partial charge in [0.25, 0.3) is 5.91 Å². The van der Waals surface area contributed by atoms with Gasteiger partial charge in [0.15, 0.2) is 11.5 Å². The Hall–Kier alpha value is -2.56. The number of aryl methyl sites for hydroxylation is 2. The Morgan fingerprint density at radius 1 is 1.17 bits per heavy atom. The fraction of sp³-hybridized carbons (Fsp3) is 0.368. The first kappa shape index (κ1) is 15.0. The number of benzene rings is 1. The van der Waals surface area contributed by atoms with Crippen LogP contribution in [0.4, 0.5) is 0 Å². The van der Waals surface area contributed by atoms with Crippen LogP contribution >= 0.6 is 0 Å². The fourth-order valence-electron chi connectivity index (χ4n) is 3.41. The molecule has 1 aliphatic heterocycles. The number of aromatic nitrogens is 1. The van der Waals surface area contributed by atoms with E-state index in [1.807, 2.05) is 49.1 Å². The van der Waals surface area contributed by atoms with Crippen molar-refractivity contribution in [2.45, 2.75) is 32.6 Å². The Kier molecular flexibility index (Phi) is 3.63. The van der Waals surface area contributed by atoms with E-state index in [2.05, 4.69) is 4.98 Å². The number of amides is 1. The minimum atomic E-state index is 0.0559. The maximum atomic E-state index is 12.6. The third kappa shape index (κ3) is 2.60. The summed E-state index contributed by atoms with van der Waals surface area (Å²) in [6, 6.07) is 9.64. The Balaban J connectivity index is 1.46. The van der Waals surface area contributed by atoms with Crippen LogP contribution in [-0.4, -0.2) is 28.9 Å². The van der Waals surface area contributed by atoms with Crippen LogP contribution in [0.2, 0.25) is 0 Å². The van der Waals surface area contributed by atoms with Gasteiger partial charge in [-0.15, -0.1) is 0 Å². The molecule has 0 unspecified atom stereocenters. The van der Waals surface area contributed by atoms with E-state index >= 15 is 0 Å². The Bertz CT molecular complexity index is 852. The maximum Gasteiger partial charge on any atom is 0.257 e. The molecule has 1 aliphatic rings. The minimum Gasteiger partial charge on any atom is -0.466 e. The second kappa shape index (κ2) is 5.82. The molecule has 0 bridgehead atoms. The van der Waals surface area contributed by atoms with Gasteiger partial charge in [0.2, 0.25) is 0 Å². The van der Waals surface area contributed by atoms with Crippen molar-refractivity contribution in [3.05, 3.63) is 53.3 Å². The Morgan fingerprint density at radius 3 is 2.58 bits per heavy atom. The van der Waals surface area contributed by atoms with E-state index in [1.165, 1.54) is 0 Å². The number of likely N-dealkylation sites (tertiary alicyclic amines) is 1. The van der Waals surface area contributed by atoms with Crippen LogP contribution in [0.5, 0.6) is 0 Å². The molecule has 24 heavy (non-hydrogen) atoms. The number of piperidine rings is 1. The molecule has 124 valence electrons. The van der Waals surface area contributed by atoms with Gasteiger partial charge >= 0.3 is 0 Å². The first-order valence-electron chi connectivity index (χ1n) is 8.33. The first-order valence-corrected chi connectivity index (χ1v) is 8.33. The molecule has 5 heteroatoms. The summed E-state index contributed by atoms with van der Waals surface area (Å²) in [5.74, 6) is 2.59.